The molecule has 0 heterocycles. The van der Waals surface area contributed by atoms with Crippen LogP contribution in [0.5, 0.6) is 0 Å². The van der Waals surface area contributed by atoms with Gasteiger partial charge in [-0.15, -0.1) is 6.54 Å². The van der Waals surface area contributed by atoms with Crippen LogP contribution in [-0.2, 0) is 15.7 Å². The summed E-state index contributed by atoms with van der Waals surface area (Å²) in [5.41, 5.74) is -0.499. The summed E-state index contributed by atoms with van der Waals surface area (Å²) >= 11 is -3.67. The first-order valence-electron chi connectivity index (χ1n) is 8.04. The Hall–Kier alpha value is -0.540. The average molecular weight is 436 g/mol. The second kappa shape index (κ2) is 6.07. The van der Waals surface area contributed by atoms with Gasteiger partial charge in [0, 0.05) is 11.7 Å². The van der Waals surface area contributed by atoms with Crippen LogP contribution in [0.15, 0.2) is 12.2 Å². The Morgan fingerprint density at radius 2 is 1.96 bits per heavy atom. The van der Waals surface area contributed by atoms with E-state index < -0.39 is 31.8 Å². The summed E-state index contributed by atoms with van der Waals surface area (Å²) in [6.45, 7) is 5.24. The minimum atomic E-state index is -3.67. The van der Waals surface area contributed by atoms with Crippen LogP contribution in [0.4, 0.5) is 0 Å². The Morgan fingerprint density at radius 3 is 2.48 bits per heavy atom. The van der Waals surface area contributed by atoms with Gasteiger partial charge in [-0.25, -0.2) is 4.79 Å². The SMILES string of the molecule is C=C(C)C(=O)OC12CC3CC(C1)CC(C(O)C[N-]I(=O)=O)(C3)C2. The zero-order chi connectivity index (χ0) is 16.8. The normalized spacial score (nSPS) is 39.4. The van der Waals surface area contributed by atoms with Crippen LogP contribution in [0.2, 0.25) is 0 Å². The minimum absolute atomic E-state index is 0.0538. The summed E-state index contributed by atoms with van der Waals surface area (Å²) in [6.07, 6.45) is 4.37. The first-order chi connectivity index (χ1) is 10.7. The molecule has 3 unspecified atom stereocenters. The number of nitrogens with zero attached hydrogens (tertiary/aromatic N) is 1. The van der Waals surface area contributed by atoms with E-state index in [1.54, 1.807) is 6.92 Å². The molecule has 130 valence electrons. The van der Waals surface area contributed by atoms with Crippen molar-refractivity contribution in [3.05, 3.63) is 15.7 Å². The van der Waals surface area contributed by atoms with Crippen molar-refractivity contribution in [2.75, 3.05) is 6.54 Å². The monoisotopic (exact) mass is 436 g/mol. The van der Waals surface area contributed by atoms with E-state index in [0.29, 0.717) is 23.8 Å². The fourth-order valence-electron chi connectivity index (χ4n) is 5.36. The predicted molar refractivity (Wildman–Crippen MR) is 90.4 cm³/mol. The molecule has 1 N–H and O–H groups in total. The topological polar surface area (TPSA) is 94.8 Å². The van der Waals surface area contributed by atoms with Crippen molar-refractivity contribution in [2.45, 2.75) is 57.2 Å². The molecular formula is C16H23INO5-. The summed E-state index contributed by atoms with van der Waals surface area (Å²) in [4.78, 5) is 12.0. The second-order valence-electron chi connectivity index (χ2n) is 7.70. The van der Waals surface area contributed by atoms with Gasteiger partial charge in [0.1, 0.15) is 5.60 Å². The number of carbonyl (C=O) groups excluding carboxylic acids is 1. The number of rotatable bonds is 6. The highest BCUT2D eigenvalue weighted by Crippen LogP contribution is 2.64. The zero-order valence-electron chi connectivity index (χ0n) is 13.3. The van der Waals surface area contributed by atoms with E-state index >= 15 is 0 Å². The maximum atomic E-state index is 12.0. The first-order valence-corrected chi connectivity index (χ1v) is 10.8. The van der Waals surface area contributed by atoms with Gasteiger partial charge in [-0.1, -0.05) is 6.58 Å². The molecule has 0 amide bonds. The van der Waals surface area contributed by atoms with Gasteiger partial charge >= 0.3 is 5.97 Å². The van der Waals surface area contributed by atoms with Crippen LogP contribution in [0.1, 0.15) is 45.4 Å². The molecule has 4 bridgehead atoms. The van der Waals surface area contributed by atoms with E-state index in [2.05, 4.69) is 10.1 Å². The van der Waals surface area contributed by atoms with Gasteiger partial charge in [0.15, 0.2) is 0 Å². The van der Waals surface area contributed by atoms with E-state index in [4.69, 9.17) is 4.74 Å². The smallest absolute Gasteiger partial charge is 0.333 e. The minimum Gasteiger partial charge on any atom is -0.539 e. The second-order valence-corrected chi connectivity index (χ2v) is 9.52. The Labute approximate surface area is 143 Å². The van der Waals surface area contributed by atoms with Gasteiger partial charge in [0.25, 0.3) is 0 Å². The molecule has 0 saturated heterocycles. The quantitative estimate of drug-likeness (QED) is 0.392. The van der Waals surface area contributed by atoms with Gasteiger partial charge in [-0.2, -0.15) is 0 Å². The van der Waals surface area contributed by atoms with Gasteiger partial charge in [0.2, 0.25) is 20.1 Å². The van der Waals surface area contributed by atoms with Crippen LogP contribution in [-0.4, -0.2) is 29.3 Å². The number of hydrogen-bond donors (Lipinski definition) is 1. The van der Waals surface area contributed by atoms with Gasteiger partial charge in [-0.05, 0) is 62.7 Å². The van der Waals surface area contributed by atoms with Crippen molar-refractivity contribution in [1.29, 1.82) is 0 Å². The number of aliphatic hydroxyl groups is 1. The van der Waals surface area contributed by atoms with E-state index in [1.165, 1.54) is 0 Å². The number of ether oxygens (including phenoxy) is 1. The van der Waals surface area contributed by atoms with Crippen molar-refractivity contribution in [3.8, 4) is 0 Å². The average Bonchev–Trinajstić information content (AvgIpc) is 2.42. The van der Waals surface area contributed by atoms with Crippen LogP contribution in [0, 0.1) is 17.3 Å². The number of aliphatic hydroxyl groups excluding tert-OH is 1. The molecule has 4 aliphatic carbocycles. The van der Waals surface area contributed by atoms with Gasteiger partial charge < -0.3 is 13.4 Å². The number of hydrogen-bond acceptors (Lipinski definition) is 5. The van der Waals surface area contributed by atoms with Crippen LogP contribution in [0.3, 0.4) is 0 Å². The predicted octanol–water partition coefficient (Wildman–Crippen LogP) is 3.29. The molecule has 0 aromatic carbocycles. The Kier molecular flexibility index (Phi) is 4.57. The van der Waals surface area contributed by atoms with Crippen LogP contribution in [0.25, 0.3) is 3.53 Å². The van der Waals surface area contributed by atoms with E-state index in [0.717, 1.165) is 32.1 Å². The third kappa shape index (κ3) is 3.32. The molecule has 0 aromatic heterocycles. The fraction of sp³-hybridized carbons (Fsp3) is 0.812. The maximum absolute atomic E-state index is 12.0. The lowest BCUT2D eigenvalue weighted by Crippen LogP contribution is -2.61. The van der Waals surface area contributed by atoms with Gasteiger partial charge in [-0.3, -0.25) is 6.14 Å². The molecule has 4 aliphatic rings. The fourth-order valence-corrected chi connectivity index (χ4v) is 6.05. The lowest BCUT2D eigenvalue weighted by atomic mass is 9.46. The van der Waals surface area contributed by atoms with Crippen molar-refractivity contribution in [2.24, 2.45) is 17.3 Å². The molecule has 23 heavy (non-hydrogen) atoms. The van der Waals surface area contributed by atoms with Crippen LogP contribution < -0.4 is 0 Å². The largest absolute Gasteiger partial charge is 0.539 e. The molecule has 4 rings (SSSR count). The Bertz CT molecular complexity index is 577. The molecule has 3 atom stereocenters. The molecule has 0 radical (unpaired) electrons. The Balaban J connectivity index is 1.81. The maximum Gasteiger partial charge on any atom is 0.333 e. The number of esters is 1. The molecule has 6 nitrogen and oxygen atoms in total. The highest BCUT2D eigenvalue weighted by molar-refractivity contribution is 14.2. The van der Waals surface area contributed by atoms with Crippen LogP contribution >= 0.6 is 20.1 Å². The van der Waals surface area contributed by atoms with E-state index in [-0.39, 0.29) is 17.9 Å². The summed E-state index contributed by atoms with van der Waals surface area (Å²) in [7, 11) is 0. The molecule has 4 fully saturated rings. The Morgan fingerprint density at radius 1 is 1.35 bits per heavy atom. The summed E-state index contributed by atoms with van der Waals surface area (Å²) in [5, 5.41) is 10.6. The van der Waals surface area contributed by atoms with Crippen molar-refractivity contribution < 1.29 is 20.8 Å². The molecule has 0 spiro atoms. The van der Waals surface area contributed by atoms with E-state index in [9.17, 15) is 16.0 Å². The highest BCUT2D eigenvalue weighted by Gasteiger charge is 2.61. The standard InChI is InChI=1S/C16H23INO5/c1-10(2)14(20)23-16-6-11-3-12(7-16)5-15(4-11,9-16)13(19)8-18-17(21)22/h11-13,19H,1,3-9H2,2H3/q-1. The molecule has 4 saturated carbocycles. The summed E-state index contributed by atoms with van der Waals surface area (Å²) in [6, 6.07) is 0. The molecule has 7 heteroatoms. The molecular weight excluding hydrogens is 413 g/mol. The first kappa shape index (κ1) is 17.3. The van der Waals surface area contributed by atoms with E-state index in [1.807, 2.05) is 0 Å². The van der Waals surface area contributed by atoms with Crippen molar-refractivity contribution in [1.82, 2.24) is 0 Å². The lowest BCUT2D eigenvalue weighted by Gasteiger charge is -2.63. The summed E-state index contributed by atoms with van der Waals surface area (Å²) in [5.74, 6) is 0.490. The third-order valence-electron chi connectivity index (χ3n) is 5.76. The summed E-state index contributed by atoms with van der Waals surface area (Å²) < 4.78 is 31.0. The van der Waals surface area contributed by atoms with Crippen molar-refractivity contribution in [3.63, 3.8) is 0 Å². The zero-order valence-corrected chi connectivity index (χ0v) is 15.5. The van der Waals surface area contributed by atoms with Gasteiger partial charge in [0.05, 0.1) is 0 Å². The highest BCUT2D eigenvalue weighted by atomic mass is 127. The number of halogens is 1. The molecule has 0 aromatic rings. The third-order valence-corrected chi connectivity index (χ3v) is 6.71. The van der Waals surface area contributed by atoms with Crippen molar-refractivity contribution >= 4 is 26.0 Å². The molecule has 0 aliphatic heterocycles. The lowest BCUT2D eigenvalue weighted by molar-refractivity contribution is -0.213. The number of carbonyl (C=O) groups is 1.